The molecule has 1 aliphatic rings. The third-order valence-corrected chi connectivity index (χ3v) is 4.30. The molecule has 0 unspecified atom stereocenters. The summed E-state index contributed by atoms with van der Waals surface area (Å²) in [4.78, 5) is 13.7. The molecule has 0 saturated carbocycles. The van der Waals surface area contributed by atoms with Gasteiger partial charge in [0, 0.05) is 0 Å². The van der Waals surface area contributed by atoms with E-state index in [0.717, 1.165) is 33.3 Å². The highest BCUT2D eigenvalue weighted by Gasteiger charge is 2.16. The maximum atomic E-state index is 5.93. The van der Waals surface area contributed by atoms with Crippen molar-refractivity contribution < 1.29 is 8.83 Å². The summed E-state index contributed by atoms with van der Waals surface area (Å²) in [5.41, 5.74) is 6.52. The molecule has 0 radical (unpaired) electrons. The number of fused-ring (bicyclic) bond motifs is 9. The highest BCUT2D eigenvalue weighted by Crippen LogP contribution is 2.32. The van der Waals surface area contributed by atoms with Crippen molar-refractivity contribution in [3.63, 3.8) is 0 Å². The van der Waals surface area contributed by atoms with Crippen molar-refractivity contribution in [3.8, 4) is 34.3 Å². The maximum Gasteiger partial charge on any atom is 0.246 e. The van der Waals surface area contributed by atoms with Crippen LogP contribution in [0.25, 0.3) is 56.5 Å². The van der Waals surface area contributed by atoms with Crippen LogP contribution in [-0.4, -0.2) is 15.0 Å². The summed E-state index contributed by atoms with van der Waals surface area (Å²) < 4.78 is 11.9. The summed E-state index contributed by atoms with van der Waals surface area (Å²) >= 11 is 0. The molecule has 5 aromatic rings. The van der Waals surface area contributed by atoms with Crippen molar-refractivity contribution in [1.29, 1.82) is 0 Å². The van der Waals surface area contributed by atoms with Crippen LogP contribution >= 0.6 is 0 Å². The van der Waals surface area contributed by atoms with E-state index in [1.165, 1.54) is 0 Å². The van der Waals surface area contributed by atoms with Crippen LogP contribution in [0.3, 0.4) is 0 Å². The zero-order valence-electron chi connectivity index (χ0n) is 12.4. The second-order valence-corrected chi connectivity index (χ2v) is 5.81. The Hall–Kier alpha value is -3.47. The van der Waals surface area contributed by atoms with Crippen molar-refractivity contribution in [2.24, 2.45) is 0 Å². The number of pyridine rings is 1. The highest BCUT2D eigenvalue weighted by atomic mass is 16.4. The first-order chi connectivity index (χ1) is 11.8. The molecule has 0 atom stereocenters. The van der Waals surface area contributed by atoms with Gasteiger partial charge in [0.1, 0.15) is 22.4 Å². The molecule has 6 rings (SSSR count). The minimum atomic E-state index is 0.494. The quantitative estimate of drug-likeness (QED) is 0.407. The smallest absolute Gasteiger partial charge is 0.246 e. The normalized spacial score (nSPS) is 12.2. The fourth-order valence-corrected chi connectivity index (χ4v) is 3.10. The van der Waals surface area contributed by atoms with Crippen molar-refractivity contribution in [1.82, 2.24) is 15.0 Å². The standard InChI is InChI=1S/C19H9N3O2/c1-2-14-18-21-12-6-4-10(8-16(12)23-18)11-5-7-13-17(9-11)24-19(22-13)15(3-1)20-14/h1-9H. The number of rotatable bonds is 0. The molecule has 8 bridgehead atoms. The van der Waals surface area contributed by atoms with Crippen LogP contribution in [0.4, 0.5) is 0 Å². The molecule has 112 valence electrons. The fourth-order valence-electron chi connectivity index (χ4n) is 3.10. The molecule has 0 saturated heterocycles. The molecule has 0 fully saturated rings. The van der Waals surface area contributed by atoms with Crippen LogP contribution in [0, 0.1) is 0 Å². The Morgan fingerprint density at radius 3 is 1.67 bits per heavy atom. The van der Waals surface area contributed by atoms with Crippen molar-refractivity contribution in [3.05, 3.63) is 54.6 Å². The van der Waals surface area contributed by atoms with Gasteiger partial charge in [-0.15, -0.1) is 0 Å². The lowest BCUT2D eigenvalue weighted by molar-refractivity contribution is 0.612. The third kappa shape index (κ3) is 1.55. The van der Waals surface area contributed by atoms with Gasteiger partial charge in [0.2, 0.25) is 11.8 Å². The molecule has 0 amide bonds. The molecule has 0 aliphatic carbocycles. The maximum absolute atomic E-state index is 5.93. The van der Waals surface area contributed by atoms with Gasteiger partial charge in [-0.05, 0) is 47.5 Å². The largest absolute Gasteiger partial charge is 0.435 e. The summed E-state index contributed by atoms with van der Waals surface area (Å²) in [6.45, 7) is 0. The molecule has 2 aromatic carbocycles. The predicted molar refractivity (Wildman–Crippen MR) is 89.2 cm³/mol. The van der Waals surface area contributed by atoms with Gasteiger partial charge in [-0.2, -0.15) is 0 Å². The van der Waals surface area contributed by atoms with E-state index in [-0.39, 0.29) is 0 Å². The molecule has 5 heteroatoms. The Bertz CT molecular complexity index is 1170. The van der Waals surface area contributed by atoms with Crippen molar-refractivity contribution in [2.75, 3.05) is 0 Å². The molecule has 5 nitrogen and oxygen atoms in total. The predicted octanol–water partition coefficient (Wildman–Crippen LogP) is 4.68. The fraction of sp³-hybridized carbons (Fsp3) is 0. The van der Waals surface area contributed by atoms with E-state index in [9.17, 15) is 0 Å². The van der Waals surface area contributed by atoms with E-state index >= 15 is 0 Å². The number of aromatic nitrogens is 3. The SMILES string of the molecule is c1cc2nc(c1)-c1nc3ccc(cc3o1)-c1ccc3nc-2oc3c1. The average Bonchev–Trinajstić information content (AvgIpc) is 3.23. The van der Waals surface area contributed by atoms with Gasteiger partial charge >= 0.3 is 0 Å². The summed E-state index contributed by atoms with van der Waals surface area (Å²) in [7, 11) is 0. The first-order valence-electron chi connectivity index (χ1n) is 7.63. The van der Waals surface area contributed by atoms with Gasteiger partial charge < -0.3 is 8.83 Å². The van der Waals surface area contributed by atoms with Crippen LogP contribution < -0.4 is 0 Å². The molecule has 1 aliphatic heterocycles. The van der Waals surface area contributed by atoms with Crippen LogP contribution in [0.2, 0.25) is 0 Å². The lowest BCUT2D eigenvalue weighted by atomic mass is 10.1. The summed E-state index contributed by atoms with van der Waals surface area (Å²) in [5, 5.41) is 0. The topological polar surface area (TPSA) is 65.0 Å². The zero-order chi connectivity index (χ0) is 15.7. The molecule has 3 aromatic heterocycles. The van der Waals surface area contributed by atoms with Crippen LogP contribution in [0.15, 0.2) is 63.4 Å². The lowest BCUT2D eigenvalue weighted by Crippen LogP contribution is -1.87. The lowest BCUT2D eigenvalue weighted by Gasteiger charge is -2.00. The van der Waals surface area contributed by atoms with Crippen molar-refractivity contribution in [2.45, 2.75) is 0 Å². The Morgan fingerprint density at radius 1 is 0.583 bits per heavy atom. The first-order valence-corrected chi connectivity index (χ1v) is 7.63. The minimum Gasteiger partial charge on any atom is -0.435 e. The Kier molecular flexibility index (Phi) is 2.04. The molecule has 0 spiro atoms. The molecule has 24 heavy (non-hydrogen) atoms. The van der Waals surface area contributed by atoms with E-state index in [2.05, 4.69) is 15.0 Å². The van der Waals surface area contributed by atoms with Gasteiger partial charge in [-0.3, -0.25) is 0 Å². The summed E-state index contributed by atoms with van der Waals surface area (Å²) in [5.74, 6) is 0.988. The number of nitrogens with zero attached hydrogens (tertiary/aromatic N) is 3. The van der Waals surface area contributed by atoms with Crippen LogP contribution in [0.1, 0.15) is 0 Å². The first kappa shape index (κ1) is 12.0. The monoisotopic (exact) mass is 311 g/mol. The van der Waals surface area contributed by atoms with Crippen LogP contribution in [-0.2, 0) is 0 Å². The summed E-state index contributed by atoms with van der Waals surface area (Å²) in [6, 6.07) is 17.6. The van der Waals surface area contributed by atoms with Gasteiger partial charge in [0.25, 0.3) is 0 Å². The van der Waals surface area contributed by atoms with E-state index in [4.69, 9.17) is 8.83 Å². The van der Waals surface area contributed by atoms with E-state index < -0.39 is 0 Å². The van der Waals surface area contributed by atoms with Gasteiger partial charge in [0.05, 0.1) is 0 Å². The van der Waals surface area contributed by atoms with Crippen LogP contribution in [0.5, 0.6) is 0 Å². The van der Waals surface area contributed by atoms with Crippen molar-refractivity contribution >= 4 is 22.2 Å². The second kappa shape index (κ2) is 4.08. The molecular formula is C19H9N3O2. The number of hydrogen-bond donors (Lipinski definition) is 0. The Balaban J connectivity index is 1.82. The van der Waals surface area contributed by atoms with E-state index in [1.807, 2.05) is 54.6 Å². The molecule has 4 heterocycles. The Labute approximate surface area is 135 Å². The number of oxazole rings is 2. The average molecular weight is 311 g/mol. The second-order valence-electron chi connectivity index (χ2n) is 5.81. The Morgan fingerprint density at radius 2 is 1.12 bits per heavy atom. The van der Waals surface area contributed by atoms with Gasteiger partial charge in [0.15, 0.2) is 11.2 Å². The highest BCUT2D eigenvalue weighted by molar-refractivity contribution is 5.86. The summed E-state index contributed by atoms with van der Waals surface area (Å²) in [6.07, 6.45) is 0. The number of hydrogen-bond acceptors (Lipinski definition) is 5. The molecular weight excluding hydrogens is 302 g/mol. The van der Waals surface area contributed by atoms with Gasteiger partial charge in [-0.1, -0.05) is 18.2 Å². The molecule has 0 N–H and O–H groups in total. The number of benzene rings is 2. The minimum absolute atomic E-state index is 0.494. The van der Waals surface area contributed by atoms with Gasteiger partial charge in [-0.25, -0.2) is 15.0 Å². The third-order valence-electron chi connectivity index (χ3n) is 4.30. The van der Waals surface area contributed by atoms with E-state index in [0.29, 0.717) is 23.2 Å². The zero-order valence-corrected chi connectivity index (χ0v) is 12.4. The van der Waals surface area contributed by atoms with E-state index in [1.54, 1.807) is 0 Å².